The van der Waals surface area contributed by atoms with Gasteiger partial charge in [-0.15, -0.1) is 0 Å². The third-order valence-electron chi connectivity index (χ3n) is 1.77. The van der Waals surface area contributed by atoms with E-state index in [0.29, 0.717) is 0 Å². The second-order valence-electron chi connectivity index (χ2n) is 2.93. The van der Waals surface area contributed by atoms with Gasteiger partial charge in [-0.25, -0.2) is 0 Å². The molecule has 0 radical (unpaired) electrons. The molecule has 0 aliphatic rings. The Morgan fingerprint density at radius 2 is 1.89 bits per heavy atom. The fourth-order valence-corrected chi connectivity index (χ4v) is 1.32. The highest BCUT2D eigenvalue weighted by Crippen LogP contribution is 2.41. The first kappa shape index (κ1) is 14.4. The standard InChI is InChI=1S/C8H3ClF5NO3/c9-4-1-3(8(12,13)14)5(15(16)17)2-6(4)18-7(10)11/h1-2,7H. The summed E-state index contributed by atoms with van der Waals surface area (Å²) < 4.78 is 64.8. The summed E-state index contributed by atoms with van der Waals surface area (Å²) in [5.74, 6) is -0.897. The van der Waals surface area contributed by atoms with Gasteiger partial charge in [0.15, 0.2) is 5.75 Å². The summed E-state index contributed by atoms with van der Waals surface area (Å²) in [4.78, 5) is 9.07. The first-order valence-corrected chi connectivity index (χ1v) is 4.50. The van der Waals surface area contributed by atoms with Gasteiger partial charge in [-0.05, 0) is 6.07 Å². The number of nitro groups is 1. The van der Waals surface area contributed by atoms with E-state index in [2.05, 4.69) is 4.74 Å². The Bertz CT molecular complexity index is 477. The second kappa shape index (κ2) is 4.92. The van der Waals surface area contributed by atoms with Gasteiger partial charge < -0.3 is 4.74 Å². The fourth-order valence-electron chi connectivity index (χ4n) is 1.11. The van der Waals surface area contributed by atoms with Crippen LogP contribution in [0.4, 0.5) is 27.6 Å². The van der Waals surface area contributed by atoms with Crippen LogP contribution in [0, 0.1) is 10.1 Å². The largest absolute Gasteiger partial charge is 0.433 e. The molecule has 0 spiro atoms. The highest BCUT2D eigenvalue weighted by atomic mass is 35.5. The third kappa shape index (κ3) is 3.19. The molecule has 1 aromatic rings. The normalized spacial score (nSPS) is 11.7. The van der Waals surface area contributed by atoms with E-state index in [-0.39, 0.29) is 12.1 Å². The summed E-state index contributed by atoms with van der Waals surface area (Å²) in [6.07, 6.45) is -5.03. The number of alkyl halides is 5. The lowest BCUT2D eigenvalue weighted by molar-refractivity contribution is -0.388. The van der Waals surface area contributed by atoms with Crippen LogP contribution < -0.4 is 4.74 Å². The molecule has 0 bridgehead atoms. The first-order valence-electron chi connectivity index (χ1n) is 4.13. The number of hydrogen-bond acceptors (Lipinski definition) is 3. The number of halogens is 6. The van der Waals surface area contributed by atoms with E-state index >= 15 is 0 Å². The van der Waals surface area contributed by atoms with Crippen molar-refractivity contribution in [1.82, 2.24) is 0 Å². The van der Waals surface area contributed by atoms with Crippen molar-refractivity contribution >= 4 is 17.3 Å². The maximum atomic E-state index is 12.4. The quantitative estimate of drug-likeness (QED) is 0.482. The zero-order chi connectivity index (χ0) is 14.1. The Morgan fingerprint density at radius 3 is 2.28 bits per heavy atom. The van der Waals surface area contributed by atoms with Gasteiger partial charge in [0, 0.05) is 0 Å². The van der Waals surface area contributed by atoms with E-state index < -0.39 is 39.7 Å². The van der Waals surface area contributed by atoms with Crippen LogP contribution in [-0.4, -0.2) is 11.5 Å². The van der Waals surface area contributed by atoms with E-state index in [1.54, 1.807) is 0 Å². The molecule has 0 saturated heterocycles. The molecule has 0 fully saturated rings. The van der Waals surface area contributed by atoms with Crippen molar-refractivity contribution in [3.63, 3.8) is 0 Å². The molecular formula is C8H3ClF5NO3. The van der Waals surface area contributed by atoms with Gasteiger partial charge in [0.1, 0.15) is 5.56 Å². The van der Waals surface area contributed by atoms with Crippen LogP contribution >= 0.6 is 11.6 Å². The number of rotatable bonds is 3. The van der Waals surface area contributed by atoms with E-state index in [0.717, 1.165) is 0 Å². The molecule has 0 aromatic heterocycles. The minimum absolute atomic E-state index is 0.164. The molecule has 4 nitrogen and oxygen atoms in total. The van der Waals surface area contributed by atoms with Crippen molar-refractivity contribution < 1.29 is 31.6 Å². The topological polar surface area (TPSA) is 52.4 Å². The van der Waals surface area contributed by atoms with Gasteiger partial charge >= 0.3 is 12.8 Å². The molecule has 0 N–H and O–H groups in total. The monoisotopic (exact) mass is 291 g/mol. The van der Waals surface area contributed by atoms with Crippen molar-refractivity contribution in [2.24, 2.45) is 0 Å². The Kier molecular flexibility index (Phi) is 3.95. The molecule has 10 heteroatoms. The van der Waals surface area contributed by atoms with Gasteiger partial charge in [0.2, 0.25) is 0 Å². The molecule has 1 rings (SSSR count). The maximum absolute atomic E-state index is 12.4. The average molecular weight is 292 g/mol. The van der Waals surface area contributed by atoms with E-state index in [4.69, 9.17) is 11.6 Å². The van der Waals surface area contributed by atoms with Crippen LogP contribution in [0.3, 0.4) is 0 Å². The predicted octanol–water partition coefficient (Wildman–Crippen LogP) is 3.87. The maximum Gasteiger partial charge on any atom is 0.423 e. The van der Waals surface area contributed by atoms with Crippen LogP contribution in [0.1, 0.15) is 5.56 Å². The van der Waals surface area contributed by atoms with Crippen molar-refractivity contribution in [2.45, 2.75) is 12.8 Å². The zero-order valence-electron chi connectivity index (χ0n) is 8.17. The average Bonchev–Trinajstić information content (AvgIpc) is 2.17. The minimum atomic E-state index is -5.03. The second-order valence-corrected chi connectivity index (χ2v) is 3.34. The fraction of sp³-hybridized carbons (Fsp3) is 0.250. The van der Waals surface area contributed by atoms with Gasteiger partial charge in [-0.3, -0.25) is 10.1 Å². The Labute approximate surface area is 101 Å². The summed E-state index contributed by atoms with van der Waals surface area (Å²) in [6, 6.07) is 0.370. The number of ether oxygens (including phenoxy) is 1. The van der Waals surface area contributed by atoms with Gasteiger partial charge in [0.05, 0.1) is 16.0 Å². The summed E-state index contributed by atoms with van der Waals surface area (Å²) in [6.45, 7) is -3.36. The number of hydrogen-bond donors (Lipinski definition) is 0. The molecule has 0 saturated carbocycles. The molecule has 0 amide bonds. The SMILES string of the molecule is O=[N+]([O-])c1cc(OC(F)F)c(Cl)cc1C(F)(F)F. The smallest absolute Gasteiger partial charge is 0.423 e. The van der Waals surface area contributed by atoms with Crippen LogP contribution in [-0.2, 0) is 6.18 Å². The van der Waals surface area contributed by atoms with Crippen LogP contribution in [0.5, 0.6) is 5.75 Å². The van der Waals surface area contributed by atoms with E-state index in [1.165, 1.54) is 0 Å². The molecule has 0 aliphatic heterocycles. The molecule has 18 heavy (non-hydrogen) atoms. The molecule has 0 aliphatic carbocycles. The van der Waals surface area contributed by atoms with Gasteiger partial charge in [0.25, 0.3) is 5.69 Å². The number of nitro benzene ring substituents is 1. The number of nitrogens with zero attached hydrogens (tertiary/aromatic N) is 1. The summed E-state index contributed by atoms with van der Waals surface area (Å²) in [5.41, 5.74) is -3.05. The van der Waals surface area contributed by atoms with Crippen molar-refractivity contribution in [3.05, 3.63) is 32.8 Å². The van der Waals surface area contributed by atoms with Crippen LogP contribution in [0.2, 0.25) is 5.02 Å². The lowest BCUT2D eigenvalue weighted by atomic mass is 10.1. The Balaban J connectivity index is 3.39. The van der Waals surface area contributed by atoms with Crippen LogP contribution in [0.25, 0.3) is 0 Å². The summed E-state index contributed by atoms with van der Waals surface area (Å²) in [7, 11) is 0. The van der Waals surface area contributed by atoms with Gasteiger partial charge in [-0.1, -0.05) is 11.6 Å². The third-order valence-corrected chi connectivity index (χ3v) is 2.06. The number of benzene rings is 1. The molecule has 0 heterocycles. The molecule has 100 valence electrons. The summed E-state index contributed by atoms with van der Waals surface area (Å²) >= 11 is 5.28. The first-order chi connectivity index (χ1) is 8.12. The highest BCUT2D eigenvalue weighted by molar-refractivity contribution is 6.32. The Hall–Kier alpha value is -1.64. The van der Waals surface area contributed by atoms with E-state index in [1.807, 2.05) is 0 Å². The van der Waals surface area contributed by atoms with Crippen molar-refractivity contribution in [2.75, 3.05) is 0 Å². The Morgan fingerprint density at radius 1 is 1.33 bits per heavy atom. The van der Waals surface area contributed by atoms with Crippen molar-refractivity contribution in [1.29, 1.82) is 0 Å². The van der Waals surface area contributed by atoms with Crippen molar-refractivity contribution in [3.8, 4) is 5.75 Å². The molecule has 0 atom stereocenters. The molecule has 1 aromatic carbocycles. The van der Waals surface area contributed by atoms with Crippen LogP contribution in [0.15, 0.2) is 12.1 Å². The zero-order valence-corrected chi connectivity index (χ0v) is 8.93. The lowest BCUT2D eigenvalue weighted by Gasteiger charge is -2.11. The lowest BCUT2D eigenvalue weighted by Crippen LogP contribution is -2.10. The molecular weight excluding hydrogens is 289 g/mol. The predicted molar refractivity (Wildman–Crippen MR) is 49.7 cm³/mol. The van der Waals surface area contributed by atoms with E-state index in [9.17, 15) is 32.1 Å². The van der Waals surface area contributed by atoms with Gasteiger partial charge in [-0.2, -0.15) is 22.0 Å². The minimum Gasteiger partial charge on any atom is -0.433 e. The highest BCUT2D eigenvalue weighted by Gasteiger charge is 2.39. The summed E-state index contributed by atoms with van der Waals surface area (Å²) in [5, 5.41) is 9.64. The molecule has 0 unspecified atom stereocenters.